The summed E-state index contributed by atoms with van der Waals surface area (Å²) in [6.45, 7) is 15.2. The summed E-state index contributed by atoms with van der Waals surface area (Å²) in [4.78, 5) is 33.3. The van der Waals surface area contributed by atoms with E-state index < -0.39 is 23.4 Å². The maximum absolute atomic E-state index is 12.9. The molecule has 32 heavy (non-hydrogen) atoms. The van der Waals surface area contributed by atoms with Crippen LogP contribution in [-0.4, -0.2) is 52.8 Å². The zero-order chi connectivity index (χ0) is 24.7. The molecule has 9 heteroatoms. The molecule has 180 valence electrons. The van der Waals surface area contributed by atoms with E-state index in [1.807, 2.05) is 44.0 Å². The zero-order valence-corrected chi connectivity index (χ0v) is 21.6. The Hall–Kier alpha value is -2.42. The second-order valence-corrected chi connectivity index (χ2v) is 10.5. The number of benzene rings is 1. The van der Waals surface area contributed by atoms with Crippen molar-refractivity contribution in [3.63, 3.8) is 0 Å². The summed E-state index contributed by atoms with van der Waals surface area (Å²) in [5.74, 6) is 0.809. The smallest absolute Gasteiger partial charge is 0.420 e. The van der Waals surface area contributed by atoms with E-state index in [1.54, 1.807) is 41.5 Å². The van der Waals surface area contributed by atoms with Gasteiger partial charge in [0.1, 0.15) is 11.2 Å². The average molecular weight is 467 g/mol. The molecule has 0 aliphatic heterocycles. The molecule has 1 aromatic carbocycles. The summed E-state index contributed by atoms with van der Waals surface area (Å²) in [5, 5.41) is 0.450. The second-order valence-electron chi connectivity index (χ2n) is 9.26. The highest BCUT2D eigenvalue weighted by atomic mass is 32.2. The van der Waals surface area contributed by atoms with Crippen molar-refractivity contribution < 1.29 is 19.1 Å². The number of nitrogens with zero attached hydrogens (tertiary/aromatic N) is 3. The van der Waals surface area contributed by atoms with E-state index in [0.29, 0.717) is 10.9 Å². The first-order valence-corrected chi connectivity index (χ1v) is 11.7. The molecule has 0 unspecified atom stereocenters. The number of nitrogens with two attached hydrogens (primary N) is 1. The number of carbonyl (C=O) groups excluding carboxylic acids is 2. The van der Waals surface area contributed by atoms with Crippen LogP contribution in [0.25, 0.3) is 0 Å². The summed E-state index contributed by atoms with van der Waals surface area (Å²) in [5.41, 5.74) is 6.67. The molecule has 0 fully saturated rings. The van der Waals surface area contributed by atoms with Gasteiger partial charge in [0.2, 0.25) is 0 Å². The lowest BCUT2D eigenvalue weighted by Crippen LogP contribution is -2.43. The maximum Gasteiger partial charge on any atom is 0.420 e. The Morgan fingerprint density at radius 2 is 1.56 bits per heavy atom. The van der Waals surface area contributed by atoms with Gasteiger partial charge in [-0.3, -0.25) is 0 Å². The highest BCUT2D eigenvalue weighted by Gasteiger charge is 2.32. The fraction of sp³-hybridized carbons (Fsp3) is 0.609. The van der Waals surface area contributed by atoms with Crippen molar-refractivity contribution in [3.05, 3.63) is 23.8 Å². The molecule has 0 atom stereocenters. The number of ether oxygens (including phenoxy) is 2. The Morgan fingerprint density at radius 1 is 1.03 bits per heavy atom. The van der Waals surface area contributed by atoms with Gasteiger partial charge in [0, 0.05) is 19.3 Å². The topological polar surface area (TPSA) is 97.5 Å². The van der Waals surface area contributed by atoms with E-state index in [0.717, 1.165) is 28.4 Å². The Kier molecular flexibility index (Phi) is 9.88. The normalized spacial score (nSPS) is 12.3. The summed E-state index contributed by atoms with van der Waals surface area (Å²) in [7, 11) is 1.94. The van der Waals surface area contributed by atoms with Gasteiger partial charge >= 0.3 is 12.2 Å². The minimum Gasteiger partial charge on any atom is -0.443 e. The molecule has 1 rings (SSSR count). The van der Waals surface area contributed by atoms with Crippen LogP contribution < -0.4 is 10.6 Å². The lowest BCUT2D eigenvalue weighted by molar-refractivity contribution is -0.000218. The number of carbonyl (C=O) groups is 2. The molecule has 8 nitrogen and oxygen atoms in total. The van der Waals surface area contributed by atoms with Crippen LogP contribution in [0.4, 0.5) is 21.0 Å². The van der Waals surface area contributed by atoms with Gasteiger partial charge in [0.05, 0.1) is 12.2 Å². The SMILES string of the molecule is CCSC(N)=Nc1ccc(N(C)CC)c(CN(C(=O)OC(C)(C)C)C(=O)OC(C)(C)C)c1. The molecule has 0 aromatic heterocycles. The van der Waals surface area contributed by atoms with Crippen molar-refractivity contribution in [1.29, 1.82) is 0 Å². The predicted octanol–water partition coefficient (Wildman–Crippen LogP) is 5.51. The number of aliphatic imine (C=N–C) groups is 1. The van der Waals surface area contributed by atoms with E-state index >= 15 is 0 Å². The number of amides is 2. The minimum atomic E-state index is -0.771. The first-order valence-electron chi connectivity index (χ1n) is 10.7. The van der Waals surface area contributed by atoms with Gasteiger partial charge in [-0.25, -0.2) is 19.5 Å². The number of hydrogen-bond acceptors (Lipinski definition) is 7. The fourth-order valence-electron chi connectivity index (χ4n) is 2.63. The van der Waals surface area contributed by atoms with E-state index in [2.05, 4.69) is 4.99 Å². The zero-order valence-electron chi connectivity index (χ0n) is 20.8. The number of thioether (sulfide) groups is 1. The monoisotopic (exact) mass is 466 g/mol. The van der Waals surface area contributed by atoms with Gasteiger partial charge in [-0.2, -0.15) is 0 Å². The molecule has 0 saturated heterocycles. The van der Waals surface area contributed by atoms with Crippen molar-refractivity contribution in [2.24, 2.45) is 10.7 Å². The van der Waals surface area contributed by atoms with Crippen molar-refractivity contribution in [2.45, 2.75) is 73.1 Å². The van der Waals surface area contributed by atoms with Crippen LogP contribution in [0.5, 0.6) is 0 Å². The quantitative estimate of drug-likeness (QED) is 0.436. The van der Waals surface area contributed by atoms with Crippen LogP contribution in [0.2, 0.25) is 0 Å². The van der Waals surface area contributed by atoms with E-state index in [9.17, 15) is 9.59 Å². The van der Waals surface area contributed by atoms with Gasteiger partial charge in [-0.1, -0.05) is 18.7 Å². The summed E-state index contributed by atoms with van der Waals surface area (Å²) >= 11 is 1.44. The van der Waals surface area contributed by atoms with Crippen molar-refractivity contribution in [3.8, 4) is 0 Å². The van der Waals surface area contributed by atoms with Crippen molar-refractivity contribution in [2.75, 3.05) is 24.2 Å². The van der Waals surface area contributed by atoms with Crippen molar-refractivity contribution in [1.82, 2.24) is 4.90 Å². The predicted molar refractivity (Wildman–Crippen MR) is 133 cm³/mol. The summed E-state index contributed by atoms with van der Waals surface area (Å²) in [6, 6.07) is 5.59. The maximum atomic E-state index is 12.9. The molecule has 2 N–H and O–H groups in total. The molecule has 0 spiro atoms. The molecule has 1 aromatic rings. The Bertz CT molecular complexity index is 800. The first-order chi connectivity index (χ1) is 14.7. The van der Waals surface area contributed by atoms with E-state index in [-0.39, 0.29) is 6.54 Å². The molecule has 0 radical (unpaired) electrons. The third kappa shape index (κ3) is 9.38. The highest BCUT2D eigenvalue weighted by Crippen LogP contribution is 2.28. The second kappa shape index (κ2) is 11.4. The molecule has 0 aliphatic carbocycles. The highest BCUT2D eigenvalue weighted by molar-refractivity contribution is 8.13. The molecule has 0 bridgehead atoms. The van der Waals surface area contributed by atoms with E-state index in [4.69, 9.17) is 15.2 Å². The molecule has 2 amide bonds. The molecule has 0 aliphatic rings. The first kappa shape index (κ1) is 27.6. The van der Waals surface area contributed by atoms with Crippen LogP contribution >= 0.6 is 11.8 Å². The standard InChI is InChI=1S/C23H38N4O4S/c1-10-26(9)18-13-12-17(25-19(24)32-11-2)14-16(18)15-27(20(28)30-22(3,4)5)21(29)31-23(6,7)8/h12-14H,10-11,15H2,1-9H3,(H2,24,25). The number of amidine groups is 1. The fourth-order valence-corrected chi connectivity index (χ4v) is 3.09. The number of anilines is 1. The number of rotatable bonds is 6. The van der Waals surface area contributed by atoms with Crippen LogP contribution in [-0.2, 0) is 16.0 Å². The molecular formula is C23H38N4O4S. The molecular weight excluding hydrogens is 428 g/mol. The van der Waals surface area contributed by atoms with Crippen LogP contribution in [0, 0.1) is 0 Å². The Labute approximate surface area is 196 Å². The molecule has 0 heterocycles. The lowest BCUT2D eigenvalue weighted by Gasteiger charge is -2.30. The van der Waals surface area contributed by atoms with Crippen LogP contribution in [0.15, 0.2) is 23.2 Å². The third-order valence-electron chi connectivity index (χ3n) is 4.04. The Morgan fingerprint density at radius 3 is 2.00 bits per heavy atom. The number of imide groups is 1. The minimum absolute atomic E-state index is 0.0340. The van der Waals surface area contributed by atoms with Gasteiger partial charge in [-0.15, -0.1) is 0 Å². The Balaban J connectivity index is 3.44. The van der Waals surface area contributed by atoms with Gasteiger partial charge in [0.15, 0.2) is 5.17 Å². The van der Waals surface area contributed by atoms with Crippen LogP contribution in [0.3, 0.4) is 0 Å². The van der Waals surface area contributed by atoms with Gasteiger partial charge in [-0.05, 0) is 78.0 Å². The van der Waals surface area contributed by atoms with Gasteiger partial charge < -0.3 is 20.1 Å². The number of hydrogen-bond donors (Lipinski definition) is 1. The average Bonchev–Trinajstić information content (AvgIpc) is 2.62. The summed E-state index contributed by atoms with van der Waals surface area (Å²) < 4.78 is 11.0. The van der Waals surface area contributed by atoms with Gasteiger partial charge in [0.25, 0.3) is 0 Å². The summed E-state index contributed by atoms with van der Waals surface area (Å²) in [6.07, 6.45) is -1.54. The van der Waals surface area contributed by atoms with Crippen LogP contribution in [0.1, 0.15) is 61.0 Å². The van der Waals surface area contributed by atoms with E-state index in [1.165, 1.54) is 11.8 Å². The third-order valence-corrected chi connectivity index (χ3v) is 4.71. The largest absolute Gasteiger partial charge is 0.443 e. The lowest BCUT2D eigenvalue weighted by atomic mass is 10.1. The molecule has 0 saturated carbocycles. The van der Waals surface area contributed by atoms with Crippen molar-refractivity contribution >= 4 is 40.5 Å².